The summed E-state index contributed by atoms with van der Waals surface area (Å²) in [6, 6.07) is 50.8. The van der Waals surface area contributed by atoms with Gasteiger partial charge in [-0.05, 0) is 117 Å². The fraction of sp³-hybridized carbons (Fsp3) is 0.273. The summed E-state index contributed by atoms with van der Waals surface area (Å²) in [5.41, 5.74) is 21.1. The first-order valence-electron chi connectivity index (χ1n) is 21.6. The second kappa shape index (κ2) is 13.6. The Kier molecular flexibility index (Phi) is 8.75. The molecule has 1 aliphatic carbocycles. The summed E-state index contributed by atoms with van der Waals surface area (Å²) in [4.78, 5) is 6.91. The van der Waals surface area contributed by atoms with Crippen LogP contribution in [0.25, 0.3) is 22.3 Å². The molecule has 0 saturated heterocycles. The van der Waals surface area contributed by atoms with Crippen LogP contribution in [0.3, 0.4) is 0 Å². The van der Waals surface area contributed by atoms with E-state index in [1.54, 1.807) is 10.4 Å². The number of benzene rings is 6. The molecule has 1 aromatic heterocycles. The Morgan fingerprint density at radius 2 is 1.17 bits per heavy atom. The highest BCUT2D eigenvalue weighted by Gasteiger charge is 2.49. The molecule has 294 valence electrons. The fourth-order valence-corrected chi connectivity index (χ4v) is 11.9. The normalized spacial score (nSPS) is 15.4. The summed E-state index contributed by atoms with van der Waals surface area (Å²) in [6.07, 6.45) is 3.58. The number of hydrogen-bond donors (Lipinski definition) is 0. The first kappa shape index (κ1) is 37.9. The van der Waals surface area contributed by atoms with E-state index in [9.17, 15) is 0 Å². The molecule has 59 heavy (non-hydrogen) atoms. The lowest BCUT2D eigenvalue weighted by atomic mass is 9.35. The molecule has 0 fully saturated rings. The van der Waals surface area contributed by atoms with Gasteiger partial charge in [0.2, 0.25) is 0 Å². The van der Waals surface area contributed by atoms with Gasteiger partial charge < -0.3 is 9.80 Å². The van der Waals surface area contributed by atoms with Crippen LogP contribution in [-0.4, -0.2) is 6.71 Å². The van der Waals surface area contributed by atoms with Crippen molar-refractivity contribution in [2.45, 2.75) is 97.8 Å². The van der Waals surface area contributed by atoms with Crippen LogP contribution in [0.4, 0.5) is 34.1 Å². The summed E-state index contributed by atoms with van der Waals surface area (Å²) in [5.74, 6) is 0. The standard InChI is InChI=1S/C55H55BN2S/c1-35-32-45-49-46(33-35)58(50-41(36-18-12-10-13-19-36)22-16-23-42(50)37-20-14-11-15-21-37)44-30-27-39(54(5,6)7)34-43(44)56(49)52-51(48-47(59-52)24-17-31-55(48,8)9)57(45)40-28-25-38(26-29-40)53(2,3)4/h10-16,18-23,25-30,32-34H,17,24,31H2,1-9H3. The Labute approximate surface area is 356 Å². The number of nitrogens with zero attached hydrogens (tertiary/aromatic N) is 2. The quantitative estimate of drug-likeness (QED) is 0.164. The summed E-state index contributed by atoms with van der Waals surface area (Å²) in [5, 5.41) is 0. The third kappa shape index (κ3) is 6.12. The highest BCUT2D eigenvalue weighted by atomic mass is 32.1. The van der Waals surface area contributed by atoms with Crippen LogP contribution in [0.15, 0.2) is 133 Å². The van der Waals surface area contributed by atoms with E-state index in [1.165, 1.54) is 102 Å². The molecule has 0 spiro atoms. The monoisotopic (exact) mass is 786 g/mol. The van der Waals surface area contributed by atoms with Crippen molar-refractivity contribution in [2.75, 3.05) is 9.80 Å². The predicted molar refractivity (Wildman–Crippen MR) is 257 cm³/mol. The third-order valence-corrected chi connectivity index (χ3v) is 14.6. The lowest BCUT2D eigenvalue weighted by molar-refractivity contribution is 0.437. The zero-order valence-corrected chi connectivity index (χ0v) is 37.0. The van der Waals surface area contributed by atoms with Gasteiger partial charge in [0.1, 0.15) is 0 Å². The van der Waals surface area contributed by atoms with E-state index in [1.807, 2.05) is 0 Å². The minimum atomic E-state index is -0.0115. The van der Waals surface area contributed by atoms with Crippen molar-refractivity contribution in [2.24, 2.45) is 0 Å². The smallest absolute Gasteiger partial charge is 0.264 e. The molecule has 0 saturated carbocycles. The van der Waals surface area contributed by atoms with Crippen molar-refractivity contribution < 1.29 is 0 Å². The highest BCUT2D eigenvalue weighted by Crippen LogP contribution is 2.54. The molecule has 0 N–H and O–H groups in total. The van der Waals surface area contributed by atoms with E-state index in [2.05, 4.69) is 217 Å². The van der Waals surface area contributed by atoms with Crippen molar-refractivity contribution in [3.63, 3.8) is 0 Å². The Bertz CT molecular complexity index is 2690. The molecule has 3 heterocycles. The molecule has 0 bridgehead atoms. The van der Waals surface area contributed by atoms with Crippen LogP contribution in [0.1, 0.15) is 95.4 Å². The van der Waals surface area contributed by atoms with Gasteiger partial charge in [-0.3, -0.25) is 0 Å². The Balaban J connectivity index is 1.34. The van der Waals surface area contributed by atoms with E-state index in [0.717, 1.165) is 6.42 Å². The molecule has 2 nitrogen and oxygen atoms in total. The third-order valence-electron chi connectivity index (χ3n) is 13.3. The maximum absolute atomic E-state index is 2.69. The molecule has 4 heteroatoms. The Hall–Kier alpha value is -5.32. The van der Waals surface area contributed by atoms with Crippen LogP contribution in [0.2, 0.25) is 0 Å². The molecule has 0 amide bonds. The van der Waals surface area contributed by atoms with Gasteiger partial charge in [0.25, 0.3) is 6.71 Å². The first-order chi connectivity index (χ1) is 28.2. The van der Waals surface area contributed by atoms with Crippen LogP contribution >= 0.6 is 11.3 Å². The number of anilines is 6. The molecule has 0 radical (unpaired) electrons. The molecule has 3 aliphatic rings. The average Bonchev–Trinajstić information content (AvgIpc) is 3.61. The lowest BCUT2D eigenvalue weighted by Crippen LogP contribution is -2.61. The maximum Gasteiger partial charge on any atom is 0.264 e. The highest BCUT2D eigenvalue weighted by molar-refractivity contribution is 7.29. The first-order valence-corrected chi connectivity index (χ1v) is 22.4. The number of rotatable bonds is 4. The molecule has 0 atom stereocenters. The van der Waals surface area contributed by atoms with Gasteiger partial charge in [-0.15, -0.1) is 0 Å². The van der Waals surface area contributed by atoms with Crippen molar-refractivity contribution >= 4 is 67.9 Å². The topological polar surface area (TPSA) is 6.48 Å². The summed E-state index contributed by atoms with van der Waals surface area (Å²) >= 11 is 2.10. The Morgan fingerprint density at radius 3 is 1.76 bits per heavy atom. The van der Waals surface area contributed by atoms with Gasteiger partial charge in [0, 0.05) is 43.5 Å². The van der Waals surface area contributed by atoms with E-state index in [0.29, 0.717) is 0 Å². The molecule has 6 aromatic carbocycles. The van der Waals surface area contributed by atoms with Crippen molar-refractivity contribution in [3.05, 3.63) is 161 Å². The fourth-order valence-electron chi connectivity index (χ4n) is 10.3. The van der Waals surface area contributed by atoms with E-state index in [-0.39, 0.29) is 23.0 Å². The molecule has 7 aromatic rings. The summed E-state index contributed by atoms with van der Waals surface area (Å²) in [6.45, 7) is 21.4. The average molecular weight is 787 g/mol. The largest absolute Gasteiger partial charge is 0.310 e. The zero-order valence-electron chi connectivity index (χ0n) is 36.2. The molecular formula is C55H55BN2S. The number of fused-ring (bicyclic) bond motifs is 6. The van der Waals surface area contributed by atoms with Crippen LogP contribution in [0, 0.1) is 6.92 Å². The van der Waals surface area contributed by atoms with Gasteiger partial charge >= 0.3 is 0 Å². The van der Waals surface area contributed by atoms with E-state index < -0.39 is 0 Å². The van der Waals surface area contributed by atoms with Gasteiger partial charge in [-0.1, -0.05) is 159 Å². The number of hydrogen-bond acceptors (Lipinski definition) is 3. The minimum Gasteiger partial charge on any atom is -0.310 e. The van der Waals surface area contributed by atoms with Crippen molar-refractivity contribution in [1.82, 2.24) is 0 Å². The predicted octanol–water partition coefficient (Wildman–Crippen LogP) is 13.7. The van der Waals surface area contributed by atoms with Gasteiger partial charge in [-0.25, -0.2) is 0 Å². The van der Waals surface area contributed by atoms with E-state index >= 15 is 0 Å². The van der Waals surface area contributed by atoms with Gasteiger partial charge in [0.15, 0.2) is 0 Å². The van der Waals surface area contributed by atoms with Crippen LogP contribution in [0.5, 0.6) is 0 Å². The summed E-state index contributed by atoms with van der Waals surface area (Å²) < 4.78 is 1.49. The van der Waals surface area contributed by atoms with Gasteiger partial charge in [-0.2, -0.15) is 11.3 Å². The number of aryl methyl sites for hydroxylation is 2. The summed E-state index contributed by atoms with van der Waals surface area (Å²) in [7, 11) is 0. The van der Waals surface area contributed by atoms with Crippen molar-refractivity contribution in [1.29, 1.82) is 0 Å². The SMILES string of the molecule is Cc1cc2c3c(c1)N(c1c(-c4ccccc4)cccc1-c1ccccc1)c1ccc(C(C)(C)C)cc1B3c1sc3c(c1N2c1ccc(C(C)(C)C)cc1)C(C)(C)CCC3. The van der Waals surface area contributed by atoms with Crippen LogP contribution in [-0.2, 0) is 22.7 Å². The second-order valence-corrected chi connectivity index (χ2v) is 21.1. The van der Waals surface area contributed by atoms with Gasteiger partial charge in [0.05, 0.1) is 11.4 Å². The molecular weight excluding hydrogens is 731 g/mol. The molecule has 0 unspecified atom stereocenters. The second-order valence-electron chi connectivity index (χ2n) is 19.9. The number of thiophene rings is 1. The molecule has 2 aliphatic heterocycles. The minimum absolute atomic E-state index is 0.0115. The van der Waals surface area contributed by atoms with E-state index in [4.69, 9.17) is 0 Å². The number of para-hydroxylation sites is 1. The zero-order chi connectivity index (χ0) is 41.0. The Morgan fingerprint density at radius 1 is 0.593 bits per heavy atom. The van der Waals surface area contributed by atoms with Crippen LogP contribution < -0.4 is 25.5 Å². The maximum atomic E-state index is 2.69. The van der Waals surface area contributed by atoms with Crippen molar-refractivity contribution in [3.8, 4) is 22.3 Å². The lowest BCUT2D eigenvalue weighted by Gasteiger charge is -2.45. The molecule has 10 rings (SSSR count).